The van der Waals surface area contributed by atoms with Gasteiger partial charge in [0.15, 0.2) is 6.29 Å². The van der Waals surface area contributed by atoms with Crippen molar-refractivity contribution in [1.82, 2.24) is 9.97 Å². The summed E-state index contributed by atoms with van der Waals surface area (Å²) in [5.74, 6) is 2.47. The monoisotopic (exact) mass is 220 g/mol. The van der Waals surface area contributed by atoms with Crippen LogP contribution in [0.2, 0.25) is 0 Å². The van der Waals surface area contributed by atoms with Gasteiger partial charge in [-0.05, 0) is 31.6 Å². The van der Waals surface area contributed by atoms with Crippen molar-refractivity contribution < 1.29 is 4.79 Å². The number of nitrogens with zero attached hydrogens (tertiary/aromatic N) is 1. The molecule has 0 aliphatic heterocycles. The van der Waals surface area contributed by atoms with Gasteiger partial charge in [0.1, 0.15) is 5.82 Å². The maximum absolute atomic E-state index is 10.6. The first-order valence-corrected chi connectivity index (χ1v) is 6.33. The van der Waals surface area contributed by atoms with Gasteiger partial charge >= 0.3 is 0 Å². The third-order valence-corrected chi connectivity index (χ3v) is 3.67. The smallest absolute Gasteiger partial charge is 0.167 e. The van der Waals surface area contributed by atoms with Gasteiger partial charge in [-0.25, -0.2) is 4.98 Å². The number of H-pyrrole nitrogens is 1. The quantitative estimate of drug-likeness (QED) is 0.791. The van der Waals surface area contributed by atoms with Crippen LogP contribution in [-0.4, -0.2) is 16.3 Å². The van der Waals surface area contributed by atoms with Crippen molar-refractivity contribution in [2.45, 2.75) is 51.4 Å². The van der Waals surface area contributed by atoms with E-state index in [1.807, 2.05) is 0 Å². The molecule has 0 radical (unpaired) electrons. The fourth-order valence-corrected chi connectivity index (χ4v) is 2.75. The minimum absolute atomic E-state index is 0.543. The van der Waals surface area contributed by atoms with E-state index < -0.39 is 0 Å². The van der Waals surface area contributed by atoms with Crippen molar-refractivity contribution in [2.75, 3.05) is 0 Å². The highest BCUT2D eigenvalue weighted by atomic mass is 16.1. The molecule has 0 unspecified atom stereocenters. The van der Waals surface area contributed by atoms with E-state index in [1.54, 1.807) is 6.20 Å². The number of carbonyl (C=O) groups is 1. The Bertz CT molecular complexity index is 337. The Hall–Kier alpha value is -1.12. The van der Waals surface area contributed by atoms with Crippen molar-refractivity contribution >= 4 is 6.29 Å². The van der Waals surface area contributed by atoms with Crippen LogP contribution < -0.4 is 0 Å². The molecular formula is C13H20N2O. The average molecular weight is 220 g/mol. The number of nitrogens with one attached hydrogen (secondary N) is 1. The van der Waals surface area contributed by atoms with Gasteiger partial charge in [-0.1, -0.05) is 19.8 Å². The van der Waals surface area contributed by atoms with Crippen LogP contribution in [0.1, 0.15) is 67.7 Å². The maximum atomic E-state index is 10.6. The number of imidazole rings is 1. The zero-order chi connectivity index (χ0) is 11.4. The molecule has 1 aromatic rings. The molecule has 1 N–H and O–H groups in total. The van der Waals surface area contributed by atoms with Gasteiger partial charge in [-0.3, -0.25) is 4.79 Å². The number of carbonyl (C=O) groups excluding carboxylic acids is 1. The molecule has 0 bridgehead atoms. The Balaban J connectivity index is 1.91. The highest BCUT2D eigenvalue weighted by molar-refractivity contribution is 5.71. The summed E-state index contributed by atoms with van der Waals surface area (Å²) in [6.45, 7) is 2.26. The van der Waals surface area contributed by atoms with Gasteiger partial charge in [-0.2, -0.15) is 0 Å². The molecule has 0 atom stereocenters. The van der Waals surface area contributed by atoms with Crippen molar-refractivity contribution in [3.63, 3.8) is 0 Å². The summed E-state index contributed by atoms with van der Waals surface area (Å²) in [4.78, 5) is 18.0. The zero-order valence-electron chi connectivity index (χ0n) is 9.91. The molecule has 1 aliphatic rings. The lowest BCUT2D eigenvalue weighted by Crippen LogP contribution is -2.14. The van der Waals surface area contributed by atoms with Crippen LogP contribution in [-0.2, 0) is 0 Å². The minimum Gasteiger partial charge on any atom is -0.340 e. The molecule has 1 heterocycles. The highest BCUT2D eigenvalue weighted by Crippen LogP contribution is 2.36. The average Bonchev–Trinajstić information content (AvgIpc) is 2.79. The van der Waals surface area contributed by atoms with Crippen molar-refractivity contribution in [3.05, 3.63) is 17.7 Å². The van der Waals surface area contributed by atoms with E-state index in [2.05, 4.69) is 16.9 Å². The van der Waals surface area contributed by atoms with Crippen LogP contribution in [0.4, 0.5) is 0 Å². The molecule has 0 amide bonds. The standard InChI is InChI=1S/C13H20N2O/c1-2-3-10-4-6-11(7-5-10)13-14-8-12(9-16)15-13/h8-11H,2-7H2,1H3,(H,14,15). The minimum atomic E-state index is 0.543. The summed E-state index contributed by atoms with van der Waals surface area (Å²) in [5, 5.41) is 0. The lowest BCUT2D eigenvalue weighted by atomic mass is 9.80. The SMILES string of the molecule is CCCC1CCC(c2ncc(C=O)[nH]2)CC1. The molecule has 1 saturated carbocycles. The third-order valence-electron chi connectivity index (χ3n) is 3.67. The summed E-state index contributed by atoms with van der Waals surface area (Å²) < 4.78 is 0. The van der Waals surface area contributed by atoms with Gasteiger partial charge < -0.3 is 4.98 Å². The molecule has 0 saturated heterocycles. The van der Waals surface area contributed by atoms with Crippen LogP contribution in [0.3, 0.4) is 0 Å². The summed E-state index contributed by atoms with van der Waals surface area (Å²) in [6, 6.07) is 0. The molecule has 1 aromatic heterocycles. The molecule has 0 spiro atoms. The van der Waals surface area contributed by atoms with Gasteiger partial charge in [0.05, 0.1) is 11.9 Å². The normalized spacial score (nSPS) is 25.6. The summed E-state index contributed by atoms with van der Waals surface area (Å²) in [6.07, 6.45) is 10.2. The Morgan fingerprint density at radius 2 is 2.19 bits per heavy atom. The van der Waals surface area contributed by atoms with Crippen LogP contribution in [0, 0.1) is 5.92 Å². The van der Waals surface area contributed by atoms with E-state index in [0.29, 0.717) is 11.6 Å². The molecule has 3 heteroatoms. The van der Waals surface area contributed by atoms with E-state index in [4.69, 9.17) is 0 Å². The van der Waals surface area contributed by atoms with E-state index in [0.717, 1.165) is 18.0 Å². The van der Waals surface area contributed by atoms with Gasteiger partial charge in [-0.15, -0.1) is 0 Å². The second-order valence-electron chi connectivity index (χ2n) is 4.85. The Kier molecular flexibility index (Phi) is 3.75. The topological polar surface area (TPSA) is 45.8 Å². The van der Waals surface area contributed by atoms with Gasteiger partial charge in [0.25, 0.3) is 0 Å². The number of hydrogen-bond donors (Lipinski definition) is 1. The number of aromatic nitrogens is 2. The fourth-order valence-electron chi connectivity index (χ4n) is 2.75. The summed E-state index contributed by atoms with van der Waals surface area (Å²) in [7, 11) is 0. The van der Waals surface area contributed by atoms with Gasteiger partial charge in [0.2, 0.25) is 0 Å². The fraction of sp³-hybridized carbons (Fsp3) is 0.692. The Labute approximate surface area is 96.7 Å². The number of aromatic amines is 1. The zero-order valence-corrected chi connectivity index (χ0v) is 9.91. The second kappa shape index (κ2) is 5.28. The molecule has 88 valence electrons. The van der Waals surface area contributed by atoms with E-state index in [9.17, 15) is 4.79 Å². The molecule has 0 aromatic carbocycles. The Morgan fingerprint density at radius 3 is 2.75 bits per heavy atom. The first-order chi connectivity index (χ1) is 7.83. The Morgan fingerprint density at radius 1 is 1.44 bits per heavy atom. The first kappa shape index (κ1) is 11.4. The number of hydrogen-bond acceptors (Lipinski definition) is 2. The number of rotatable bonds is 4. The van der Waals surface area contributed by atoms with Crippen LogP contribution in [0.25, 0.3) is 0 Å². The predicted octanol–water partition coefficient (Wildman–Crippen LogP) is 3.30. The largest absolute Gasteiger partial charge is 0.340 e. The van der Waals surface area contributed by atoms with Crippen LogP contribution in [0.15, 0.2) is 6.20 Å². The van der Waals surface area contributed by atoms with E-state index in [-0.39, 0.29) is 0 Å². The summed E-state index contributed by atoms with van der Waals surface area (Å²) >= 11 is 0. The van der Waals surface area contributed by atoms with Gasteiger partial charge in [0, 0.05) is 5.92 Å². The van der Waals surface area contributed by atoms with Crippen LogP contribution in [0.5, 0.6) is 0 Å². The molecule has 1 fully saturated rings. The maximum Gasteiger partial charge on any atom is 0.167 e. The highest BCUT2D eigenvalue weighted by Gasteiger charge is 2.23. The third kappa shape index (κ3) is 2.52. The lowest BCUT2D eigenvalue weighted by Gasteiger charge is -2.27. The van der Waals surface area contributed by atoms with Crippen molar-refractivity contribution in [1.29, 1.82) is 0 Å². The number of aldehydes is 1. The van der Waals surface area contributed by atoms with E-state index in [1.165, 1.54) is 38.5 Å². The lowest BCUT2D eigenvalue weighted by molar-refractivity contribution is 0.111. The molecule has 2 rings (SSSR count). The van der Waals surface area contributed by atoms with E-state index >= 15 is 0 Å². The summed E-state index contributed by atoms with van der Waals surface area (Å²) in [5.41, 5.74) is 0.602. The second-order valence-corrected chi connectivity index (χ2v) is 4.85. The van der Waals surface area contributed by atoms with Crippen molar-refractivity contribution in [3.8, 4) is 0 Å². The molecule has 1 aliphatic carbocycles. The molecular weight excluding hydrogens is 200 g/mol. The van der Waals surface area contributed by atoms with Crippen molar-refractivity contribution in [2.24, 2.45) is 5.92 Å². The first-order valence-electron chi connectivity index (χ1n) is 6.33. The van der Waals surface area contributed by atoms with Crippen LogP contribution >= 0.6 is 0 Å². The molecule has 16 heavy (non-hydrogen) atoms. The molecule has 3 nitrogen and oxygen atoms in total. The predicted molar refractivity (Wildman–Crippen MR) is 63.6 cm³/mol.